The fraction of sp³-hybridized carbons (Fsp3) is 0.846. The van der Waals surface area contributed by atoms with Crippen LogP contribution < -0.4 is 5.73 Å². The molecule has 19 heavy (non-hydrogen) atoms. The van der Waals surface area contributed by atoms with Crippen molar-refractivity contribution in [3.8, 4) is 12.3 Å². The van der Waals surface area contributed by atoms with Crippen LogP contribution in [0.1, 0.15) is 32.1 Å². The molecular formula is C13H23N3O2S. The van der Waals surface area contributed by atoms with Crippen LogP contribution in [0.15, 0.2) is 0 Å². The molecule has 0 radical (unpaired) electrons. The average Bonchev–Trinajstić information content (AvgIpc) is 3.22. The summed E-state index contributed by atoms with van der Waals surface area (Å²) in [6.45, 7) is 1.66. The lowest BCUT2D eigenvalue weighted by molar-refractivity contribution is 0.237. The highest BCUT2D eigenvalue weighted by Crippen LogP contribution is 2.31. The highest BCUT2D eigenvalue weighted by Gasteiger charge is 2.38. The second-order valence-electron chi connectivity index (χ2n) is 5.44. The predicted octanol–water partition coefficient (Wildman–Crippen LogP) is 0.390. The van der Waals surface area contributed by atoms with Crippen LogP contribution in [-0.2, 0) is 10.2 Å². The van der Waals surface area contributed by atoms with Crippen LogP contribution in [0, 0.1) is 18.3 Å². The van der Waals surface area contributed by atoms with E-state index in [-0.39, 0.29) is 12.6 Å². The van der Waals surface area contributed by atoms with E-state index in [9.17, 15) is 8.42 Å². The molecule has 0 aromatic heterocycles. The molecule has 1 unspecified atom stereocenters. The summed E-state index contributed by atoms with van der Waals surface area (Å²) in [5, 5.41) is 0. The number of hydrogen-bond acceptors (Lipinski definition) is 3. The number of terminal acetylenes is 1. The van der Waals surface area contributed by atoms with Gasteiger partial charge in [-0.1, -0.05) is 12.3 Å². The van der Waals surface area contributed by atoms with Crippen LogP contribution in [-0.4, -0.2) is 49.2 Å². The summed E-state index contributed by atoms with van der Waals surface area (Å²) in [5.74, 6) is 2.96. The van der Waals surface area contributed by atoms with E-state index >= 15 is 0 Å². The summed E-state index contributed by atoms with van der Waals surface area (Å²) in [5.41, 5.74) is 5.71. The fourth-order valence-corrected chi connectivity index (χ4v) is 4.45. The molecule has 5 nitrogen and oxygen atoms in total. The van der Waals surface area contributed by atoms with Gasteiger partial charge in [0, 0.05) is 25.7 Å². The van der Waals surface area contributed by atoms with E-state index in [1.54, 1.807) is 4.31 Å². The summed E-state index contributed by atoms with van der Waals surface area (Å²) < 4.78 is 28.4. The Labute approximate surface area is 116 Å². The Bertz CT molecular complexity index is 439. The second-order valence-corrected chi connectivity index (χ2v) is 7.32. The molecule has 2 fully saturated rings. The Balaban J connectivity index is 2.14. The van der Waals surface area contributed by atoms with Gasteiger partial charge in [0.1, 0.15) is 0 Å². The SMILES string of the molecule is C#CCN(CC1CC1)S(=O)(=O)N1CCCCC1CN. The summed E-state index contributed by atoms with van der Waals surface area (Å²) in [6, 6.07) is -0.0711. The van der Waals surface area contributed by atoms with Crippen molar-refractivity contribution in [3.05, 3.63) is 0 Å². The number of rotatable bonds is 6. The summed E-state index contributed by atoms with van der Waals surface area (Å²) in [6.07, 6.45) is 10.3. The van der Waals surface area contributed by atoms with Crippen molar-refractivity contribution in [3.63, 3.8) is 0 Å². The molecule has 1 aliphatic heterocycles. The largest absolute Gasteiger partial charge is 0.329 e. The lowest BCUT2D eigenvalue weighted by Crippen LogP contribution is -2.53. The molecule has 2 aliphatic rings. The van der Waals surface area contributed by atoms with Crippen LogP contribution in [0.2, 0.25) is 0 Å². The van der Waals surface area contributed by atoms with Gasteiger partial charge in [-0.25, -0.2) is 0 Å². The number of nitrogens with two attached hydrogens (primary N) is 1. The van der Waals surface area contributed by atoms with Gasteiger partial charge in [0.05, 0.1) is 6.54 Å². The second kappa shape index (κ2) is 6.23. The van der Waals surface area contributed by atoms with Crippen LogP contribution >= 0.6 is 0 Å². The third-order valence-corrected chi connectivity index (χ3v) is 5.90. The zero-order valence-corrected chi connectivity index (χ0v) is 12.1. The molecular weight excluding hydrogens is 262 g/mol. The fourth-order valence-electron chi connectivity index (χ4n) is 2.59. The predicted molar refractivity (Wildman–Crippen MR) is 75.4 cm³/mol. The number of nitrogens with zero attached hydrogens (tertiary/aromatic N) is 2. The minimum atomic E-state index is -3.46. The van der Waals surface area contributed by atoms with Gasteiger partial charge in [0.15, 0.2) is 0 Å². The van der Waals surface area contributed by atoms with Crippen LogP contribution in [0.3, 0.4) is 0 Å². The van der Waals surface area contributed by atoms with E-state index < -0.39 is 10.2 Å². The lowest BCUT2D eigenvalue weighted by Gasteiger charge is -2.37. The van der Waals surface area contributed by atoms with Gasteiger partial charge < -0.3 is 5.73 Å². The van der Waals surface area contributed by atoms with Crippen molar-refractivity contribution in [2.24, 2.45) is 11.7 Å². The first-order valence-electron chi connectivity index (χ1n) is 7.00. The summed E-state index contributed by atoms with van der Waals surface area (Å²) in [7, 11) is -3.46. The third-order valence-electron chi connectivity index (χ3n) is 3.89. The molecule has 1 saturated carbocycles. The van der Waals surface area contributed by atoms with Crippen LogP contribution in [0.5, 0.6) is 0 Å². The maximum absolute atomic E-state index is 12.7. The smallest absolute Gasteiger partial charge is 0.283 e. The van der Waals surface area contributed by atoms with Gasteiger partial charge in [-0.3, -0.25) is 0 Å². The highest BCUT2D eigenvalue weighted by molar-refractivity contribution is 7.86. The third kappa shape index (κ3) is 3.48. The molecule has 1 aliphatic carbocycles. The Morgan fingerprint density at radius 2 is 2.05 bits per heavy atom. The topological polar surface area (TPSA) is 66.6 Å². The molecule has 0 amide bonds. The molecule has 1 atom stereocenters. The van der Waals surface area contributed by atoms with Gasteiger partial charge in [-0.2, -0.15) is 17.0 Å². The zero-order chi connectivity index (χ0) is 13.9. The Morgan fingerprint density at radius 3 is 2.63 bits per heavy atom. The quantitative estimate of drug-likeness (QED) is 0.718. The van der Waals surface area contributed by atoms with Crippen molar-refractivity contribution in [1.29, 1.82) is 0 Å². The molecule has 0 bridgehead atoms. The van der Waals surface area contributed by atoms with Crippen molar-refractivity contribution in [1.82, 2.24) is 8.61 Å². The van der Waals surface area contributed by atoms with Crippen LogP contribution in [0.25, 0.3) is 0 Å². The first-order chi connectivity index (χ1) is 9.09. The molecule has 0 aromatic rings. The van der Waals surface area contributed by atoms with E-state index in [1.165, 1.54) is 4.31 Å². The Morgan fingerprint density at radius 1 is 1.32 bits per heavy atom. The van der Waals surface area contributed by atoms with Gasteiger partial charge >= 0.3 is 0 Å². The van der Waals surface area contributed by atoms with E-state index in [2.05, 4.69) is 5.92 Å². The van der Waals surface area contributed by atoms with Gasteiger partial charge in [0.25, 0.3) is 10.2 Å². The van der Waals surface area contributed by atoms with Crippen LogP contribution in [0.4, 0.5) is 0 Å². The molecule has 2 rings (SSSR count). The van der Waals surface area contributed by atoms with Crippen molar-refractivity contribution >= 4 is 10.2 Å². The molecule has 108 valence electrons. The van der Waals surface area contributed by atoms with Gasteiger partial charge in [-0.05, 0) is 31.6 Å². The van der Waals surface area contributed by atoms with E-state index in [4.69, 9.17) is 12.2 Å². The molecule has 0 spiro atoms. The molecule has 6 heteroatoms. The maximum Gasteiger partial charge on any atom is 0.283 e. The van der Waals surface area contributed by atoms with Crippen molar-refractivity contribution in [2.75, 3.05) is 26.2 Å². The molecule has 0 aromatic carbocycles. The molecule has 2 N–H and O–H groups in total. The Kier molecular flexibility index (Phi) is 4.85. The lowest BCUT2D eigenvalue weighted by atomic mass is 10.1. The number of hydrogen-bond donors (Lipinski definition) is 1. The van der Waals surface area contributed by atoms with E-state index in [1.807, 2.05) is 0 Å². The summed E-state index contributed by atoms with van der Waals surface area (Å²) in [4.78, 5) is 0. The average molecular weight is 285 g/mol. The first-order valence-corrected chi connectivity index (χ1v) is 8.39. The zero-order valence-electron chi connectivity index (χ0n) is 11.3. The Hall–Kier alpha value is -0.610. The summed E-state index contributed by atoms with van der Waals surface area (Å²) >= 11 is 0. The minimum Gasteiger partial charge on any atom is -0.329 e. The molecule has 1 saturated heterocycles. The van der Waals surface area contributed by atoms with E-state index in [0.29, 0.717) is 25.6 Å². The minimum absolute atomic E-state index is 0.0711. The van der Waals surface area contributed by atoms with Crippen molar-refractivity contribution in [2.45, 2.75) is 38.1 Å². The van der Waals surface area contributed by atoms with Crippen molar-refractivity contribution < 1.29 is 8.42 Å². The first kappa shape index (κ1) is 14.8. The van der Waals surface area contributed by atoms with Gasteiger partial charge in [0.2, 0.25) is 0 Å². The van der Waals surface area contributed by atoms with Gasteiger partial charge in [-0.15, -0.1) is 6.42 Å². The monoisotopic (exact) mass is 285 g/mol. The highest BCUT2D eigenvalue weighted by atomic mass is 32.2. The molecule has 1 heterocycles. The maximum atomic E-state index is 12.7. The standard InChI is InChI=1S/C13H23N3O2S/c1-2-8-15(11-12-6-7-12)19(17,18)16-9-4-3-5-13(16)10-14/h1,12-13H,3-11,14H2. The van der Waals surface area contributed by atoms with E-state index in [0.717, 1.165) is 32.1 Å². The number of piperidine rings is 1. The normalized spacial score (nSPS) is 25.4.